The van der Waals surface area contributed by atoms with Crippen LogP contribution in [0.4, 0.5) is 0 Å². The van der Waals surface area contributed by atoms with E-state index >= 15 is 0 Å². The van der Waals surface area contributed by atoms with Gasteiger partial charge < -0.3 is 14.2 Å². The topological polar surface area (TPSA) is 68.4 Å². The number of epoxide rings is 1. The van der Waals surface area contributed by atoms with Gasteiger partial charge in [-0.1, -0.05) is 0 Å². The van der Waals surface area contributed by atoms with Crippen molar-refractivity contribution in [3.8, 4) is 0 Å². The predicted molar refractivity (Wildman–Crippen MR) is 81.6 cm³/mol. The Kier molecular flexibility index (Phi) is 5.07. The molecular weight excluding hydrogens is 306 g/mol. The van der Waals surface area contributed by atoms with Crippen LogP contribution in [0.5, 0.6) is 0 Å². The molecule has 1 atom stereocenters. The summed E-state index contributed by atoms with van der Waals surface area (Å²) < 4.78 is 41.2. The van der Waals surface area contributed by atoms with Gasteiger partial charge in [-0.3, -0.25) is 0 Å². The van der Waals surface area contributed by atoms with Gasteiger partial charge in [0.15, 0.2) is 6.79 Å². The summed E-state index contributed by atoms with van der Waals surface area (Å²) >= 11 is 0. The van der Waals surface area contributed by atoms with Crippen molar-refractivity contribution >= 4 is 10.0 Å². The maximum atomic E-state index is 11.9. The van der Waals surface area contributed by atoms with E-state index in [1.807, 2.05) is 6.26 Å². The second-order valence-corrected chi connectivity index (χ2v) is 8.56. The first kappa shape index (κ1) is 16.2. The minimum absolute atomic E-state index is 0.104. The number of rotatable bonds is 6. The third-order valence-electron chi connectivity index (χ3n) is 4.77. The molecule has 0 aromatic rings. The summed E-state index contributed by atoms with van der Waals surface area (Å²) in [6.07, 6.45) is 7.53. The molecule has 1 saturated heterocycles. The molecule has 0 bridgehead atoms. The molecular formula is C15H25NO5S. The van der Waals surface area contributed by atoms with Crippen molar-refractivity contribution in [2.24, 2.45) is 11.8 Å². The quantitative estimate of drug-likeness (QED) is 0.687. The van der Waals surface area contributed by atoms with Gasteiger partial charge in [-0.15, -0.1) is 0 Å². The van der Waals surface area contributed by atoms with Crippen LogP contribution >= 0.6 is 0 Å². The third kappa shape index (κ3) is 4.44. The van der Waals surface area contributed by atoms with E-state index in [0.29, 0.717) is 44.9 Å². The van der Waals surface area contributed by atoms with Crippen molar-refractivity contribution in [3.05, 3.63) is 11.8 Å². The van der Waals surface area contributed by atoms with Gasteiger partial charge in [0, 0.05) is 13.1 Å². The Morgan fingerprint density at radius 2 is 1.95 bits per heavy atom. The molecule has 22 heavy (non-hydrogen) atoms. The van der Waals surface area contributed by atoms with Crippen molar-refractivity contribution in [3.63, 3.8) is 0 Å². The van der Waals surface area contributed by atoms with Crippen molar-refractivity contribution in [1.82, 2.24) is 4.31 Å². The molecule has 1 saturated carbocycles. The molecule has 126 valence electrons. The fraction of sp³-hybridized carbons (Fsp3) is 0.867. The lowest BCUT2D eigenvalue weighted by Gasteiger charge is -2.33. The average molecular weight is 331 g/mol. The number of nitrogens with zero attached hydrogens (tertiary/aromatic N) is 1. The van der Waals surface area contributed by atoms with E-state index in [2.05, 4.69) is 0 Å². The monoisotopic (exact) mass is 331 g/mol. The minimum atomic E-state index is -3.15. The van der Waals surface area contributed by atoms with E-state index in [9.17, 15) is 8.42 Å². The molecule has 0 aromatic carbocycles. The van der Waals surface area contributed by atoms with Crippen molar-refractivity contribution in [1.29, 1.82) is 0 Å². The lowest BCUT2D eigenvalue weighted by atomic mass is 9.78. The molecule has 0 amide bonds. The summed E-state index contributed by atoms with van der Waals surface area (Å²) in [7, 11) is -3.15. The minimum Gasteiger partial charge on any atom is -0.475 e. The van der Waals surface area contributed by atoms with Crippen LogP contribution in [0.25, 0.3) is 0 Å². The smallest absolute Gasteiger partial charge is 0.211 e. The van der Waals surface area contributed by atoms with Crippen LogP contribution in [0.3, 0.4) is 0 Å². The summed E-state index contributed by atoms with van der Waals surface area (Å²) in [6, 6.07) is 0. The van der Waals surface area contributed by atoms with Gasteiger partial charge in [-0.25, -0.2) is 8.42 Å². The highest BCUT2D eigenvalue weighted by Crippen LogP contribution is 2.35. The third-order valence-corrected chi connectivity index (χ3v) is 6.00. The summed E-state index contributed by atoms with van der Waals surface area (Å²) in [4.78, 5) is 0. The van der Waals surface area contributed by atoms with Crippen LogP contribution in [0.15, 0.2) is 11.8 Å². The fourth-order valence-corrected chi connectivity index (χ4v) is 4.27. The summed E-state index contributed by atoms with van der Waals surface area (Å²) in [5, 5.41) is 0. The van der Waals surface area contributed by atoms with Crippen LogP contribution in [-0.4, -0.2) is 58.2 Å². The molecule has 1 aliphatic carbocycles. The summed E-state index contributed by atoms with van der Waals surface area (Å²) in [6.45, 7) is 2.84. The van der Waals surface area contributed by atoms with Crippen molar-refractivity contribution in [2.45, 2.75) is 31.8 Å². The number of hydrogen-bond acceptors (Lipinski definition) is 5. The van der Waals surface area contributed by atoms with E-state index in [4.69, 9.17) is 14.2 Å². The molecule has 3 aliphatic rings. The van der Waals surface area contributed by atoms with Crippen LogP contribution in [-0.2, 0) is 24.2 Å². The molecule has 7 heteroatoms. The van der Waals surface area contributed by atoms with Crippen LogP contribution in [0, 0.1) is 11.8 Å². The first-order chi connectivity index (χ1) is 10.5. The van der Waals surface area contributed by atoms with Gasteiger partial charge in [0.05, 0.1) is 31.8 Å². The molecule has 1 unspecified atom stereocenters. The Morgan fingerprint density at radius 3 is 2.50 bits per heavy atom. The van der Waals surface area contributed by atoms with Crippen molar-refractivity contribution < 1.29 is 22.6 Å². The summed E-state index contributed by atoms with van der Waals surface area (Å²) in [5.41, 5.74) is 1.25. The molecule has 0 aromatic heterocycles. The SMILES string of the molecule is CS(=O)(=O)N(CC1CCC(C2=COCOC2)CC1)CC1CO1. The standard InChI is InChI=1S/C15H25NO5S/c1-22(17,18)16(7-15-10-21-15)6-12-2-4-13(5-3-12)14-8-19-11-20-9-14/h8,12-13,15H,2-7,9-11H2,1H3. The molecule has 2 fully saturated rings. The van der Waals surface area contributed by atoms with Gasteiger partial charge in [-0.2, -0.15) is 4.31 Å². The molecule has 0 spiro atoms. The normalized spacial score (nSPS) is 32.5. The predicted octanol–water partition coefficient (Wildman–Crippen LogP) is 1.34. The van der Waals surface area contributed by atoms with Crippen molar-refractivity contribution in [2.75, 3.05) is 39.4 Å². The highest BCUT2D eigenvalue weighted by Gasteiger charge is 2.33. The first-order valence-corrected chi connectivity index (χ1v) is 9.82. The largest absolute Gasteiger partial charge is 0.475 e. The van der Waals surface area contributed by atoms with Gasteiger partial charge in [0.2, 0.25) is 10.0 Å². The second-order valence-electron chi connectivity index (χ2n) is 6.58. The zero-order chi connectivity index (χ0) is 15.6. The second kappa shape index (κ2) is 6.86. The maximum Gasteiger partial charge on any atom is 0.211 e. The lowest BCUT2D eigenvalue weighted by molar-refractivity contribution is -0.0263. The Morgan fingerprint density at radius 1 is 1.23 bits per heavy atom. The van der Waals surface area contributed by atoms with E-state index in [1.165, 1.54) is 11.8 Å². The van der Waals surface area contributed by atoms with E-state index < -0.39 is 10.0 Å². The zero-order valence-corrected chi connectivity index (χ0v) is 13.9. The zero-order valence-electron chi connectivity index (χ0n) is 13.1. The Bertz CT molecular complexity index is 506. The maximum absolute atomic E-state index is 11.9. The lowest BCUT2D eigenvalue weighted by Crippen LogP contribution is -2.38. The molecule has 2 aliphatic heterocycles. The molecule has 0 N–H and O–H groups in total. The van der Waals surface area contributed by atoms with Crippen LogP contribution < -0.4 is 0 Å². The van der Waals surface area contributed by atoms with Gasteiger partial charge in [-0.05, 0) is 43.1 Å². The highest BCUT2D eigenvalue weighted by molar-refractivity contribution is 7.88. The molecule has 2 heterocycles. The van der Waals surface area contributed by atoms with Gasteiger partial charge >= 0.3 is 0 Å². The van der Waals surface area contributed by atoms with Gasteiger partial charge in [0.25, 0.3) is 0 Å². The molecule has 3 rings (SSSR count). The number of sulfonamides is 1. The van der Waals surface area contributed by atoms with Crippen LogP contribution in [0.2, 0.25) is 0 Å². The van der Waals surface area contributed by atoms with E-state index in [-0.39, 0.29) is 6.10 Å². The van der Waals surface area contributed by atoms with E-state index in [0.717, 1.165) is 25.7 Å². The first-order valence-electron chi connectivity index (χ1n) is 7.97. The average Bonchev–Trinajstić information content (AvgIpc) is 3.31. The Hall–Kier alpha value is -0.630. The fourth-order valence-electron chi connectivity index (χ4n) is 3.35. The van der Waals surface area contributed by atoms with Gasteiger partial charge in [0.1, 0.15) is 0 Å². The Labute approximate surface area is 132 Å². The van der Waals surface area contributed by atoms with E-state index in [1.54, 1.807) is 4.31 Å². The molecule has 6 nitrogen and oxygen atoms in total. The summed E-state index contributed by atoms with van der Waals surface area (Å²) in [5.74, 6) is 0.964. The van der Waals surface area contributed by atoms with Crippen LogP contribution in [0.1, 0.15) is 25.7 Å². The molecule has 0 radical (unpaired) electrons. The highest BCUT2D eigenvalue weighted by atomic mass is 32.2. The number of ether oxygens (including phenoxy) is 3. The number of hydrogen-bond donors (Lipinski definition) is 0. The Balaban J connectivity index is 1.50.